The molecule has 15 heavy (non-hydrogen) atoms. The molecule has 84 valence electrons. The van der Waals surface area contributed by atoms with E-state index >= 15 is 0 Å². The zero-order chi connectivity index (χ0) is 11.1. The molecule has 0 aliphatic heterocycles. The quantitative estimate of drug-likeness (QED) is 0.684. The highest BCUT2D eigenvalue weighted by atomic mass is 16.2. The lowest BCUT2D eigenvalue weighted by molar-refractivity contribution is -0.129. The summed E-state index contributed by atoms with van der Waals surface area (Å²) < 4.78 is 0. The van der Waals surface area contributed by atoms with Crippen LogP contribution in [0.3, 0.4) is 0 Å². The molecule has 0 saturated heterocycles. The van der Waals surface area contributed by atoms with Crippen LogP contribution in [0.1, 0.15) is 32.6 Å². The Morgan fingerprint density at radius 1 is 1.53 bits per heavy atom. The Kier molecular flexibility index (Phi) is 5.20. The zero-order valence-corrected chi connectivity index (χ0v) is 9.46. The number of nitrogens with one attached hydrogen (secondary N) is 1. The number of carbonyl (C=O) groups is 1. The number of terminal acetylenes is 1. The monoisotopic (exact) mass is 208 g/mol. The summed E-state index contributed by atoms with van der Waals surface area (Å²) in [5, 5.41) is 3.29. The van der Waals surface area contributed by atoms with E-state index in [1.54, 1.807) is 4.90 Å². The lowest BCUT2D eigenvalue weighted by atomic mass is 10.2. The van der Waals surface area contributed by atoms with E-state index in [1.807, 2.05) is 6.92 Å². The van der Waals surface area contributed by atoms with Crippen LogP contribution in [0, 0.1) is 12.3 Å². The molecular weight excluding hydrogens is 188 g/mol. The third kappa shape index (κ3) is 3.93. The Bertz CT molecular complexity index is 238. The van der Waals surface area contributed by atoms with E-state index in [0.717, 1.165) is 0 Å². The first-order valence-corrected chi connectivity index (χ1v) is 5.72. The highest BCUT2D eigenvalue weighted by molar-refractivity contribution is 5.78. The van der Waals surface area contributed by atoms with Crippen LogP contribution in [-0.4, -0.2) is 36.5 Å². The number of likely N-dealkylation sites (N-methyl/N-ethyl adjacent to an activating group) is 1. The van der Waals surface area contributed by atoms with Crippen LogP contribution >= 0.6 is 0 Å². The van der Waals surface area contributed by atoms with Gasteiger partial charge < -0.3 is 10.2 Å². The fraction of sp³-hybridized carbons (Fsp3) is 0.750. The van der Waals surface area contributed by atoms with E-state index in [1.165, 1.54) is 25.7 Å². The lowest BCUT2D eigenvalue weighted by Gasteiger charge is -2.19. The average Bonchev–Trinajstić information content (AvgIpc) is 2.75. The molecule has 0 bridgehead atoms. The van der Waals surface area contributed by atoms with Gasteiger partial charge in [-0.25, -0.2) is 0 Å². The van der Waals surface area contributed by atoms with Crippen LogP contribution in [0.25, 0.3) is 0 Å². The summed E-state index contributed by atoms with van der Waals surface area (Å²) in [4.78, 5) is 13.4. The molecule has 0 aromatic rings. The van der Waals surface area contributed by atoms with Crippen LogP contribution < -0.4 is 5.32 Å². The molecule has 0 radical (unpaired) electrons. The fourth-order valence-electron chi connectivity index (χ4n) is 1.96. The van der Waals surface area contributed by atoms with Crippen molar-refractivity contribution in [3.8, 4) is 12.3 Å². The zero-order valence-electron chi connectivity index (χ0n) is 9.46. The first-order valence-electron chi connectivity index (χ1n) is 5.72. The van der Waals surface area contributed by atoms with E-state index < -0.39 is 0 Å². The summed E-state index contributed by atoms with van der Waals surface area (Å²) in [5.41, 5.74) is 0. The fourth-order valence-corrected chi connectivity index (χ4v) is 1.96. The molecule has 3 nitrogen and oxygen atoms in total. The number of carbonyl (C=O) groups excluding carboxylic acids is 1. The van der Waals surface area contributed by atoms with Crippen molar-refractivity contribution in [2.24, 2.45) is 0 Å². The van der Waals surface area contributed by atoms with E-state index in [0.29, 0.717) is 25.7 Å². The molecule has 0 aromatic heterocycles. The molecule has 1 aliphatic carbocycles. The van der Waals surface area contributed by atoms with Gasteiger partial charge in [-0.15, -0.1) is 6.42 Å². The summed E-state index contributed by atoms with van der Waals surface area (Å²) in [6.07, 6.45) is 10.2. The average molecular weight is 208 g/mol. The van der Waals surface area contributed by atoms with Gasteiger partial charge in [-0.3, -0.25) is 4.79 Å². The van der Waals surface area contributed by atoms with Crippen molar-refractivity contribution in [1.29, 1.82) is 0 Å². The van der Waals surface area contributed by atoms with Gasteiger partial charge in [0.15, 0.2) is 0 Å². The summed E-state index contributed by atoms with van der Waals surface area (Å²) in [7, 11) is 0. The SMILES string of the molecule is C#CCN(CC)C(=O)CNC1CCCC1. The summed E-state index contributed by atoms with van der Waals surface area (Å²) in [6, 6.07) is 0.540. The van der Waals surface area contributed by atoms with Crippen molar-refractivity contribution in [1.82, 2.24) is 10.2 Å². The van der Waals surface area contributed by atoms with Crippen molar-refractivity contribution in [2.75, 3.05) is 19.6 Å². The Morgan fingerprint density at radius 2 is 2.20 bits per heavy atom. The van der Waals surface area contributed by atoms with E-state index in [2.05, 4.69) is 11.2 Å². The molecule has 1 fully saturated rings. The highest BCUT2D eigenvalue weighted by Crippen LogP contribution is 2.17. The summed E-state index contributed by atoms with van der Waals surface area (Å²) in [5.74, 6) is 2.62. The molecule has 0 heterocycles. The molecule has 0 spiro atoms. The van der Waals surface area contributed by atoms with E-state index in [-0.39, 0.29) is 5.91 Å². The molecule has 0 atom stereocenters. The van der Waals surface area contributed by atoms with Crippen molar-refractivity contribution in [3.05, 3.63) is 0 Å². The second kappa shape index (κ2) is 6.47. The number of nitrogens with zero attached hydrogens (tertiary/aromatic N) is 1. The molecule has 1 N–H and O–H groups in total. The van der Waals surface area contributed by atoms with Crippen molar-refractivity contribution in [2.45, 2.75) is 38.6 Å². The van der Waals surface area contributed by atoms with Crippen LogP contribution in [-0.2, 0) is 4.79 Å². The lowest BCUT2D eigenvalue weighted by Crippen LogP contribution is -2.41. The first-order chi connectivity index (χ1) is 7.27. The van der Waals surface area contributed by atoms with E-state index in [4.69, 9.17) is 6.42 Å². The number of hydrogen-bond donors (Lipinski definition) is 1. The smallest absolute Gasteiger partial charge is 0.237 e. The molecule has 0 unspecified atom stereocenters. The minimum atomic E-state index is 0.113. The summed E-state index contributed by atoms with van der Waals surface area (Å²) >= 11 is 0. The third-order valence-electron chi connectivity index (χ3n) is 2.91. The minimum Gasteiger partial charge on any atom is -0.331 e. The van der Waals surface area contributed by atoms with Gasteiger partial charge in [0, 0.05) is 12.6 Å². The topological polar surface area (TPSA) is 32.3 Å². The number of hydrogen-bond acceptors (Lipinski definition) is 2. The Hall–Kier alpha value is -1.01. The Labute approximate surface area is 92.2 Å². The van der Waals surface area contributed by atoms with Gasteiger partial charge in [-0.1, -0.05) is 18.8 Å². The van der Waals surface area contributed by atoms with Gasteiger partial charge in [-0.2, -0.15) is 0 Å². The molecular formula is C12H20N2O. The first kappa shape index (κ1) is 12.1. The molecule has 1 rings (SSSR count). The maximum atomic E-state index is 11.7. The molecule has 0 aromatic carbocycles. The largest absolute Gasteiger partial charge is 0.331 e. The highest BCUT2D eigenvalue weighted by Gasteiger charge is 2.16. The number of amides is 1. The van der Waals surface area contributed by atoms with Crippen LogP contribution in [0.4, 0.5) is 0 Å². The van der Waals surface area contributed by atoms with Gasteiger partial charge in [0.2, 0.25) is 5.91 Å². The van der Waals surface area contributed by atoms with Crippen molar-refractivity contribution >= 4 is 5.91 Å². The Morgan fingerprint density at radius 3 is 2.73 bits per heavy atom. The molecule has 1 aliphatic rings. The second-order valence-electron chi connectivity index (χ2n) is 3.97. The maximum absolute atomic E-state index is 11.7. The van der Waals surface area contributed by atoms with Gasteiger partial charge >= 0.3 is 0 Å². The summed E-state index contributed by atoms with van der Waals surface area (Å²) in [6.45, 7) is 3.49. The predicted molar refractivity (Wildman–Crippen MR) is 61.3 cm³/mol. The van der Waals surface area contributed by atoms with Gasteiger partial charge in [-0.05, 0) is 19.8 Å². The van der Waals surface area contributed by atoms with Crippen molar-refractivity contribution < 1.29 is 4.79 Å². The van der Waals surface area contributed by atoms with Gasteiger partial charge in [0.1, 0.15) is 0 Å². The predicted octanol–water partition coefficient (Wildman–Crippen LogP) is 1.00. The van der Waals surface area contributed by atoms with Crippen molar-refractivity contribution in [3.63, 3.8) is 0 Å². The third-order valence-corrected chi connectivity index (χ3v) is 2.91. The minimum absolute atomic E-state index is 0.113. The molecule has 3 heteroatoms. The van der Waals surface area contributed by atoms with Crippen LogP contribution in [0.15, 0.2) is 0 Å². The second-order valence-corrected chi connectivity index (χ2v) is 3.97. The normalized spacial score (nSPS) is 16.3. The standard InChI is InChI=1S/C12H20N2O/c1-3-9-14(4-2)12(15)10-13-11-7-5-6-8-11/h1,11,13H,4-10H2,2H3. The van der Waals surface area contributed by atoms with Crippen LogP contribution in [0.5, 0.6) is 0 Å². The molecule has 1 saturated carbocycles. The maximum Gasteiger partial charge on any atom is 0.237 e. The van der Waals surface area contributed by atoms with E-state index in [9.17, 15) is 4.79 Å². The molecule has 1 amide bonds. The Balaban J connectivity index is 2.24. The van der Waals surface area contributed by atoms with Gasteiger partial charge in [0.25, 0.3) is 0 Å². The number of rotatable bonds is 5. The van der Waals surface area contributed by atoms with Gasteiger partial charge in [0.05, 0.1) is 13.1 Å². The van der Waals surface area contributed by atoms with Crippen LogP contribution in [0.2, 0.25) is 0 Å².